The lowest BCUT2D eigenvalue weighted by atomic mass is 10.3. The molecule has 4 heteroatoms. The van der Waals surface area contributed by atoms with Gasteiger partial charge in [-0.3, -0.25) is 0 Å². The van der Waals surface area contributed by atoms with E-state index >= 15 is 0 Å². The molecule has 1 aliphatic rings. The Morgan fingerprint density at radius 2 is 2.38 bits per heavy atom. The second-order valence-corrected chi connectivity index (χ2v) is 4.52. The van der Waals surface area contributed by atoms with Crippen molar-refractivity contribution in [3.63, 3.8) is 0 Å². The Bertz CT molecular complexity index is 272. The molecule has 1 fully saturated rings. The number of nitrogens with one attached hydrogen (secondary N) is 1. The fourth-order valence-corrected chi connectivity index (χ4v) is 2.19. The Morgan fingerprint density at radius 1 is 1.54 bits per heavy atom. The molecule has 1 unspecified atom stereocenters. The van der Waals surface area contributed by atoms with E-state index in [1.165, 1.54) is 4.88 Å². The van der Waals surface area contributed by atoms with Crippen LogP contribution in [0.1, 0.15) is 17.0 Å². The van der Waals surface area contributed by atoms with Crippen LogP contribution in [0.25, 0.3) is 0 Å². The van der Waals surface area contributed by atoms with E-state index in [2.05, 4.69) is 17.2 Å². The van der Waals surface area contributed by atoms with Crippen molar-refractivity contribution in [2.75, 3.05) is 13.1 Å². The summed E-state index contributed by atoms with van der Waals surface area (Å²) in [4.78, 5) is 5.59. The molecule has 0 saturated carbocycles. The molecule has 72 valence electrons. The summed E-state index contributed by atoms with van der Waals surface area (Å²) in [6, 6.07) is 0. The van der Waals surface area contributed by atoms with Crippen LogP contribution in [0.4, 0.5) is 0 Å². The van der Waals surface area contributed by atoms with Crippen molar-refractivity contribution in [1.82, 2.24) is 10.3 Å². The van der Waals surface area contributed by atoms with E-state index in [4.69, 9.17) is 4.74 Å². The third kappa shape index (κ3) is 2.00. The first-order valence-electron chi connectivity index (χ1n) is 4.57. The second-order valence-electron chi connectivity index (χ2n) is 3.35. The lowest BCUT2D eigenvalue weighted by Gasteiger charge is -2.07. The Morgan fingerprint density at radius 3 is 2.92 bits per heavy atom. The van der Waals surface area contributed by atoms with E-state index in [0.717, 1.165) is 30.4 Å². The lowest BCUT2D eigenvalue weighted by molar-refractivity contribution is 0.222. The summed E-state index contributed by atoms with van der Waals surface area (Å²) >= 11 is 1.64. The van der Waals surface area contributed by atoms with Gasteiger partial charge in [0.25, 0.3) is 5.19 Å². The molecule has 1 saturated heterocycles. The molecule has 0 aliphatic carbocycles. The fraction of sp³-hybridized carbons (Fsp3) is 0.667. The molecule has 2 heterocycles. The third-order valence-electron chi connectivity index (χ3n) is 2.29. The average molecular weight is 198 g/mol. The van der Waals surface area contributed by atoms with Crippen LogP contribution >= 0.6 is 11.3 Å². The molecule has 13 heavy (non-hydrogen) atoms. The minimum atomic E-state index is 0.324. The first-order valence-corrected chi connectivity index (χ1v) is 5.39. The molecule has 0 amide bonds. The highest BCUT2D eigenvalue weighted by atomic mass is 32.1. The number of nitrogens with zero attached hydrogens (tertiary/aromatic N) is 1. The Kier molecular flexibility index (Phi) is 2.51. The van der Waals surface area contributed by atoms with Gasteiger partial charge in [-0.1, -0.05) is 11.3 Å². The highest BCUT2D eigenvalue weighted by Crippen LogP contribution is 2.25. The summed E-state index contributed by atoms with van der Waals surface area (Å²) in [5.74, 6) is 0. The molecule has 0 aromatic carbocycles. The zero-order chi connectivity index (χ0) is 9.26. The molecule has 1 aliphatic heterocycles. The number of rotatable bonds is 2. The summed E-state index contributed by atoms with van der Waals surface area (Å²) in [6.45, 7) is 6.12. The van der Waals surface area contributed by atoms with Crippen LogP contribution in [0, 0.1) is 13.8 Å². The predicted molar refractivity (Wildman–Crippen MR) is 53.5 cm³/mol. The normalized spacial score (nSPS) is 22.2. The maximum atomic E-state index is 5.72. The van der Waals surface area contributed by atoms with Gasteiger partial charge >= 0.3 is 0 Å². The van der Waals surface area contributed by atoms with Crippen molar-refractivity contribution in [1.29, 1.82) is 0 Å². The van der Waals surface area contributed by atoms with E-state index < -0.39 is 0 Å². The van der Waals surface area contributed by atoms with Gasteiger partial charge in [0.05, 0.1) is 5.69 Å². The zero-order valence-electron chi connectivity index (χ0n) is 7.96. The number of thiazole rings is 1. The molecule has 0 spiro atoms. The highest BCUT2D eigenvalue weighted by molar-refractivity contribution is 7.13. The highest BCUT2D eigenvalue weighted by Gasteiger charge is 2.17. The maximum Gasteiger partial charge on any atom is 0.273 e. The van der Waals surface area contributed by atoms with E-state index in [1.54, 1.807) is 11.3 Å². The van der Waals surface area contributed by atoms with Crippen LogP contribution < -0.4 is 10.1 Å². The van der Waals surface area contributed by atoms with E-state index in [9.17, 15) is 0 Å². The number of hydrogen-bond acceptors (Lipinski definition) is 4. The molecular formula is C9H14N2OS. The van der Waals surface area contributed by atoms with Crippen LogP contribution in [0.2, 0.25) is 0 Å². The van der Waals surface area contributed by atoms with Crippen molar-refractivity contribution < 1.29 is 4.74 Å². The molecule has 1 aromatic rings. The monoisotopic (exact) mass is 198 g/mol. The number of aromatic nitrogens is 1. The van der Waals surface area contributed by atoms with Crippen molar-refractivity contribution >= 4 is 11.3 Å². The van der Waals surface area contributed by atoms with Crippen LogP contribution in [0.5, 0.6) is 5.19 Å². The first-order chi connectivity index (χ1) is 6.25. The lowest BCUT2D eigenvalue weighted by Crippen LogP contribution is -2.19. The van der Waals surface area contributed by atoms with Gasteiger partial charge in [-0.05, 0) is 26.8 Å². The maximum absolute atomic E-state index is 5.72. The van der Waals surface area contributed by atoms with Gasteiger partial charge in [0.15, 0.2) is 0 Å². The Balaban J connectivity index is 2.00. The molecule has 1 N–H and O–H groups in total. The second kappa shape index (κ2) is 3.64. The molecule has 0 bridgehead atoms. The fourth-order valence-electron chi connectivity index (χ4n) is 1.37. The molecule has 1 atom stereocenters. The minimum absolute atomic E-state index is 0.324. The van der Waals surface area contributed by atoms with E-state index in [0.29, 0.717) is 6.10 Å². The number of hydrogen-bond donors (Lipinski definition) is 1. The van der Waals surface area contributed by atoms with Crippen molar-refractivity contribution in [2.45, 2.75) is 26.4 Å². The van der Waals surface area contributed by atoms with Gasteiger partial charge in [-0.15, -0.1) is 0 Å². The van der Waals surface area contributed by atoms with Gasteiger partial charge in [-0.2, -0.15) is 0 Å². The summed E-state index contributed by atoms with van der Waals surface area (Å²) in [7, 11) is 0. The van der Waals surface area contributed by atoms with Gasteiger partial charge in [0, 0.05) is 11.4 Å². The van der Waals surface area contributed by atoms with Crippen LogP contribution in [-0.2, 0) is 0 Å². The van der Waals surface area contributed by atoms with Crippen molar-refractivity contribution in [2.24, 2.45) is 0 Å². The summed E-state index contributed by atoms with van der Waals surface area (Å²) in [6.07, 6.45) is 1.42. The summed E-state index contributed by atoms with van der Waals surface area (Å²) in [5.41, 5.74) is 1.09. The zero-order valence-corrected chi connectivity index (χ0v) is 8.78. The topological polar surface area (TPSA) is 34.1 Å². The SMILES string of the molecule is Cc1nc(OC2CCNC2)sc1C. The molecule has 1 aromatic heterocycles. The summed E-state index contributed by atoms with van der Waals surface area (Å²) < 4.78 is 5.72. The third-order valence-corrected chi connectivity index (χ3v) is 3.26. The minimum Gasteiger partial charge on any atom is -0.465 e. The van der Waals surface area contributed by atoms with Crippen LogP contribution in [-0.4, -0.2) is 24.2 Å². The standard InChI is InChI=1S/C9H14N2OS/c1-6-7(2)13-9(11-6)12-8-3-4-10-5-8/h8,10H,3-5H2,1-2H3. The van der Waals surface area contributed by atoms with Gasteiger partial charge in [0.2, 0.25) is 0 Å². The van der Waals surface area contributed by atoms with Gasteiger partial charge in [0.1, 0.15) is 6.10 Å². The first kappa shape index (κ1) is 8.97. The van der Waals surface area contributed by atoms with E-state index in [1.807, 2.05) is 6.92 Å². The van der Waals surface area contributed by atoms with Crippen molar-refractivity contribution in [3.05, 3.63) is 10.6 Å². The molecule has 2 rings (SSSR count). The number of ether oxygens (including phenoxy) is 1. The Labute approximate surface area is 82.1 Å². The van der Waals surface area contributed by atoms with Crippen LogP contribution in [0.15, 0.2) is 0 Å². The van der Waals surface area contributed by atoms with Gasteiger partial charge in [-0.25, -0.2) is 4.98 Å². The Hall–Kier alpha value is -0.610. The smallest absolute Gasteiger partial charge is 0.273 e. The predicted octanol–water partition coefficient (Wildman–Crippen LogP) is 1.50. The van der Waals surface area contributed by atoms with E-state index in [-0.39, 0.29) is 0 Å². The molecular weight excluding hydrogens is 184 g/mol. The summed E-state index contributed by atoms with van der Waals surface area (Å²) in [5, 5.41) is 4.09. The number of aryl methyl sites for hydroxylation is 2. The van der Waals surface area contributed by atoms with Gasteiger partial charge < -0.3 is 10.1 Å². The average Bonchev–Trinajstić information content (AvgIpc) is 2.64. The quantitative estimate of drug-likeness (QED) is 0.782. The largest absolute Gasteiger partial charge is 0.465 e. The van der Waals surface area contributed by atoms with Crippen LogP contribution in [0.3, 0.4) is 0 Å². The van der Waals surface area contributed by atoms with Crippen molar-refractivity contribution in [3.8, 4) is 5.19 Å². The molecule has 0 radical (unpaired) electrons. The molecule has 3 nitrogen and oxygen atoms in total.